The summed E-state index contributed by atoms with van der Waals surface area (Å²) >= 11 is 0. The largest absolute Gasteiger partial charge is 0.529 e. The number of nitrogen functional groups attached to an aromatic ring is 1. The molecule has 0 aromatic carbocycles. The lowest BCUT2D eigenvalue weighted by Crippen LogP contribution is -2.35. The lowest BCUT2D eigenvalue weighted by molar-refractivity contribution is -0.144. The molecule has 0 saturated carbocycles. The number of hydrogen-bond acceptors (Lipinski definition) is 13. The number of aromatic nitrogens is 4. The van der Waals surface area contributed by atoms with Crippen LogP contribution < -0.4 is 11.5 Å². The maximum atomic E-state index is 11.9. The predicted octanol–water partition coefficient (Wildman–Crippen LogP) is -2.51. The fourth-order valence-corrected chi connectivity index (χ4v) is 3.55. The predicted molar refractivity (Wildman–Crippen MR) is 97.8 cm³/mol. The molecule has 0 radical (unpaired) electrons. The number of carboxylic acids is 1. The Kier molecular flexibility index (Phi) is 6.51. The van der Waals surface area contributed by atoms with Gasteiger partial charge >= 0.3 is 19.8 Å². The van der Waals surface area contributed by atoms with Gasteiger partial charge in [0.1, 0.15) is 36.2 Å². The summed E-state index contributed by atoms with van der Waals surface area (Å²) in [6.45, 7) is -0.770. The van der Waals surface area contributed by atoms with Crippen LogP contribution in [0.3, 0.4) is 0 Å². The molecule has 16 nitrogen and oxygen atoms in total. The minimum atomic E-state index is -5.02. The van der Waals surface area contributed by atoms with E-state index in [1.165, 1.54) is 17.2 Å². The molecule has 2 aromatic heterocycles. The van der Waals surface area contributed by atoms with Crippen molar-refractivity contribution >= 4 is 36.7 Å². The fraction of sp³-hybridized carbons (Fsp3) is 0.500. The van der Waals surface area contributed by atoms with Gasteiger partial charge in [0.05, 0.1) is 19.4 Å². The Morgan fingerprint density at radius 1 is 1.29 bits per heavy atom. The van der Waals surface area contributed by atoms with Gasteiger partial charge in [0.15, 0.2) is 17.7 Å². The number of fused-ring (bicyclic) bond motifs is 1. The molecule has 0 amide bonds. The second kappa shape index (κ2) is 8.80. The molecule has 1 saturated heterocycles. The van der Waals surface area contributed by atoms with Gasteiger partial charge in [0.2, 0.25) is 0 Å². The number of nitrogens with two attached hydrogens (primary N) is 2. The van der Waals surface area contributed by atoms with Gasteiger partial charge in [0, 0.05) is 0 Å². The molecule has 31 heavy (non-hydrogen) atoms. The Morgan fingerprint density at radius 3 is 2.68 bits per heavy atom. The first kappa shape index (κ1) is 23.0. The molecule has 1 aliphatic rings. The number of ether oxygens (including phenoxy) is 1. The number of aliphatic hydroxyl groups is 2. The van der Waals surface area contributed by atoms with Gasteiger partial charge in [-0.2, -0.15) is 0 Å². The van der Waals surface area contributed by atoms with Gasteiger partial charge in [-0.3, -0.25) is 18.8 Å². The Hall–Kier alpha value is -2.72. The van der Waals surface area contributed by atoms with Crippen LogP contribution in [0.5, 0.6) is 0 Å². The van der Waals surface area contributed by atoms with E-state index in [0.29, 0.717) is 0 Å². The number of carbonyl (C=O) groups is 2. The zero-order valence-corrected chi connectivity index (χ0v) is 16.5. The van der Waals surface area contributed by atoms with E-state index in [0.717, 1.165) is 0 Å². The summed E-state index contributed by atoms with van der Waals surface area (Å²) in [4.78, 5) is 43.6. The summed E-state index contributed by atoms with van der Waals surface area (Å²) < 4.78 is 27.5. The van der Waals surface area contributed by atoms with E-state index >= 15 is 0 Å². The molecule has 8 N–H and O–H groups in total. The van der Waals surface area contributed by atoms with Crippen LogP contribution in [0.15, 0.2) is 12.7 Å². The number of rotatable bonds is 8. The van der Waals surface area contributed by atoms with Gasteiger partial charge in [-0.05, 0) is 0 Å². The summed E-state index contributed by atoms with van der Waals surface area (Å²) in [6, 6.07) is -1.69. The monoisotopic (exact) mass is 462 g/mol. The van der Waals surface area contributed by atoms with Crippen LogP contribution in [0, 0.1) is 0 Å². The van der Waals surface area contributed by atoms with Crippen molar-refractivity contribution in [2.24, 2.45) is 5.73 Å². The topological polar surface area (TPSA) is 255 Å². The summed E-state index contributed by atoms with van der Waals surface area (Å²) in [5, 5.41) is 29.1. The smallest absolute Gasteiger partial charge is 0.481 e. The highest BCUT2D eigenvalue weighted by Crippen LogP contribution is 2.45. The van der Waals surface area contributed by atoms with Crippen molar-refractivity contribution in [1.82, 2.24) is 19.5 Å². The van der Waals surface area contributed by atoms with E-state index in [-0.39, 0.29) is 17.0 Å². The Bertz CT molecular complexity index is 1030. The molecule has 17 heteroatoms. The molecule has 6 unspecified atom stereocenters. The molecule has 3 rings (SSSR count). The molecule has 1 aliphatic heterocycles. The molecule has 3 heterocycles. The minimum absolute atomic E-state index is 0.0841. The summed E-state index contributed by atoms with van der Waals surface area (Å²) in [6.07, 6.45) is -4.00. The third kappa shape index (κ3) is 4.96. The van der Waals surface area contributed by atoms with Crippen LogP contribution in [0.1, 0.15) is 12.6 Å². The second-order valence-electron chi connectivity index (χ2n) is 6.51. The van der Waals surface area contributed by atoms with E-state index < -0.39 is 63.4 Å². The van der Waals surface area contributed by atoms with Crippen molar-refractivity contribution < 1.29 is 48.2 Å². The van der Waals surface area contributed by atoms with Crippen LogP contribution >= 0.6 is 7.82 Å². The molecule has 0 aliphatic carbocycles. The third-order valence-electron chi connectivity index (χ3n) is 4.30. The second-order valence-corrected chi connectivity index (χ2v) is 7.89. The summed E-state index contributed by atoms with van der Waals surface area (Å²) in [7, 11) is -5.02. The van der Waals surface area contributed by atoms with Crippen molar-refractivity contribution in [2.75, 3.05) is 12.3 Å². The average Bonchev–Trinajstić information content (AvgIpc) is 3.22. The number of phosphoric ester groups is 1. The zero-order chi connectivity index (χ0) is 22.9. The quantitative estimate of drug-likeness (QED) is 0.221. The first-order chi connectivity index (χ1) is 14.5. The average molecular weight is 462 g/mol. The first-order valence-electron chi connectivity index (χ1n) is 8.63. The number of imidazole rings is 1. The molecule has 0 spiro atoms. The standard InChI is InChI=1S/C14H19N6O10P/c15-5(1-7(21)22)14(25)30-31(26,27)28-2-6-9(23)10(24)13(29-6)20-4-19-8-11(16)17-3-18-12(8)20/h3-6,9-10,13,23-24H,1-2,15H2,(H,21,22)(H,26,27)(H2,16,17,18). The van der Waals surface area contributed by atoms with Gasteiger partial charge < -0.3 is 36.0 Å². The van der Waals surface area contributed by atoms with Crippen LogP contribution in [-0.4, -0.2) is 82.6 Å². The Balaban J connectivity index is 1.65. The fourth-order valence-electron chi connectivity index (χ4n) is 2.80. The number of hydrogen-bond donors (Lipinski definition) is 6. The highest BCUT2D eigenvalue weighted by atomic mass is 31.2. The maximum Gasteiger partial charge on any atom is 0.529 e. The number of nitrogens with zero attached hydrogens (tertiary/aromatic N) is 4. The SMILES string of the molecule is Nc1ncnc2c1ncn2C1OC(COP(=O)(O)OC(=O)C(N)CC(=O)O)C(O)C1O. The van der Waals surface area contributed by atoms with Crippen molar-refractivity contribution in [2.45, 2.75) is 37.0 Å². The number of carbonyl (C=O) groups excluding carboxylic acids is 1. The zero-order valence-electron chi connectivity index (χ0n) is 15.6. The third-order valence-corrected chi connectivity index (χ3v) is 5.19. The lowest BCUT2D eigenvalue weighted by atomic mass is 10.1. The molecular formula is C14H19N6O10P. The van der Waals surface area contributed by atoms with Gasteiger partial charge in [-0.1, -0.05) is 0 Å². The van der Waals surface area contributed by atoms with Crippen LogP contribution in [0.2, 0.25) is 0 Å². The summed E-state index contributed by atoms with van der Waals surface area (Å²) in [5.41, 5.74) is 11.4. The van der Waals surface area contributed by atoms with Crippen LogP contribution in [-0.2, 0) is 27.9 Å². The van der Waals surface area contributed by atoms with E-state index in [2.05, 4.69) is 24.0 Å². The highest BCUT2D eigenvalue weighted by molar-refractivity contribution is 7.48. The van der Waals surface area contributed by atoms with E-state index in [4.69, 9.17) is 21.3 Å². The number of aliphatic carboxylic acids is 1. The van der Waals surface area contributed by atoms with Gasteiger partial charge in [0.25, 0.3) is 0 Å². The number of carboxylic acid groups (broad SMARTS) is 1. The minimum Gasteiger partial charge on any atom is -0.481 e. The van der Waals surface area contributed by atoms with E-state index in [1.807, 2.05) is 0 Å². The van der Waals surface area contributed by atoms with Crippen molar-refractivity contribution in [1.29, 1.82) is 0 Å². The van der Waals surface area contributed by atoms with Gasteiger partial charge in [-0.15, -0.1) is 0 Å². The lowest BCUT2D eigenvalue weighted by Gasteiger charge is -2.18. The number of phosphoric acid groups is 1. The normalized spacial score (nSPS) is 26.5. The number of anilines is 1. The molecule has 0 bridgehead atoms. The number of aliphatic hydroxyl groups excluding tert-OH is 2. The van der Waals surface area contributed by atoms with E-state index in [9.17, 15) is 29.3 Å². The molecule has 1 fully saturated rings. The van der Waals surface area contributed by atoms with Crippen molar-refractivity contribution in [3.63, 3.8) is 0 Å². The Labute approximate surface area is 173 Å². The van der Waals surface area contributed by atoms with Gasteiger partial charge in [-0.25, -0.2) is 24.3 Å². The van der Waals surface area contributed by atoms with Crippen LogP contribution in [0.4, 0.5) is 5.82 Å². The first-order valence-corrected chi connectivity index (χ1v) is 10.1. The molecular weight excluding hydrogens is 443 g/mol. The highest BCUT2D eigenvalue weighted by Gasteiger charge is 2.45. The maximum absolute atomic E-state index is 11.9. The van der Waals surface area contributed by atoms with Crippen molar-refractivity contribution in [3.8, 4) is 0 Å². The molecule has 6 atom stereocenters. The van der Waals surface area contributed by atoms with Crippen LogP contribution in [0.25, 0.3) is 11.2 Å². The summed E-state index contributed by atoms with van der Waals surface area (Å²) in [5.74, 6) is -2.80. The Morgan fingerprint density at radius 2 is 2.00 bits per heavy atom. The molecule has 170 valence electrons. The molecule has 2 aromatic rings. The van der Waals surface area contributed by atoms with E-state index in [1.54, 1.807) is 0 Å². The van der Waals surface area contributed by atoms with Crippen molar-refractivity contribution in [3.05, 3.63) is 12.7 Å².